The Bertz CT molecular complexity index is 388. The van der Waals surface area contributed by atoms with Gasteiger partial charge in [0, 0.05) is 24.2 Å². The summed E-state index contributed by atoms with van der Waals surface area (Å²) in [6.45, 7) is 4.22. The Hall–Kier alpha value is -1.06. The summed E-state index contributed by atoms with van der Waals surface area (Å²) in [5, 5.41) is 0. The van der Waals surface area contributed by atoms with Crippen LogP contribution in [0.3, 0.4) is 0 Å². The number of likely N-dealkylation sites (N-methyl/N-ethyl adjacent to an activating group) is 1. The molecule has 0 amide bonds. The normalized spacial score (nSPS) is 17.9. The zero-order valence-electron chi connectivity index (χ0n) is 12.1. The van der Waals surface area contributed by atoms with Crippen LogP contribution in [0.5, 0.6) is 5.75 Å². The molecule has 2 rings (SSSR count). The minimum absolute atomic E-state index is 0.0247. The van der Waals surface area contributed by atoms with Crippen LogP contribution in [-0.4, -0.2) is 31.1 Å². The van der Waals surface area contributed by atoms with E-state index >= 15 is 0 Å². The fourth-order valence-electron chi connectivity index (χ4n) is 3.13. The third-order valence-corrected chi connectivity index (χ3v) is 4.22. The average molecular weight is 262 g/mol. The van der Waals surface area contributed by atoms with Crippen molar-refractivity contribution >= 4 is 0 Å². The van der Waals surface area contributed by atoms with Gasteiger partial charge in [-0.05, 0) is 25.5 Å². The van der Waals surface area contributed by atoms with E-state index in [1.165, 1.54) is 25.7 Å². The van der Waals surface area contributed by atoms with Gasteiger partial charge in [0.05, 0.1) is 7.11 Å². The Balaban J connectivity index is 2.04. The van der Waals surface area contributed by atoms with Crippen molar-refractivity contribution in [2.45, 2.75) is 44.7 Å². The first kappa shape index (κ1) is 14.4. The molecule has 1 aliphatic rings. The number of nitrogens with two attached hydrogens (primary N) is 1. The van der Waals surface area contributed by atoms with E-state index in [9.17, 15) is 0 Å². The topological polar surface area (TPSA) is 38.5 Å². The lowest BCUT2D eigenvalue weighted by molar-refractivity contribution is 0.196. The predicted molar refractivity (Wildman–Crippen MR) is 79.4 cm³/mol. The van der Waals surface area contributed by atoms with Gasteiger partial charge in [-0.2, -0.15) is 0 Å². The molecule has 0 bridgehead atoms. The van der Waals surface area contributed by atoms with E-state index in [2.05, 4.69) is 17.9 Å². The van der Waals surface area contributed by atoms with Crippen LogP contribution < -0.4 is 10.5 Å². The molecule has 1 aliphatic carbocycles. The summed E-state index contributed by atoms with van der Waals surface area (Å²) in [4.78, 5) is 2.53. The summed E-state index contributed by atoms with van der Waals surface area (Å²) in [5.41, 5.74) is 7.51. The molecule has 3 nitrogen and oxygen atoms in total. The molecular weight excluding hydrogens is 236 g/mol. The molecule has 0 spiro atoms. The maximum Gasteiger partial charge on any atom is 0.123 e. The molecule has 1 saturated carbocycles. The summed E-state index contributed by atoms with van der Waals surface area (Å²) in [7, 11) is 1.71. The zero-order chi connectivity index (χ0) is 13.7. The van der Waals surface area contributed by atoms with Crippen LogP contribution in [0.2, 0.25) is 0 Å². The third kappa shape index (κ3) is 3.48. The first-order valence-electron chi connectivity index (χ1n) is 7.38. The van der Waals surface area contributed by atoms with Gasteiger partial charge in [-0.3, -0.25) is 4.90 Å². The molecule has 19 heavy (non-hydrogen) atoms. The Morgan fingerprint density at radius 1 is 1.32 bits per heavy atom. The summed E-state index contributed by atoms with van der Waals surface area (Å²) in [6.07, 6.45) is 5.38. The minimum Gasteiger partial charge on any atom is -0.496 e. The van der Waals surface area contributed by atoms with Crippen molar-refractivity contribution in [3.63, 3.8) is 0 Å². The van der Waals surface area contributed by atoms with Crippen LogP contribution in [0.4, 0.5) is 0 Å². The van der Waals surface area contributed by atoms with Gasteiger partial charge in [-0.25, -0.2) is 0 Å². The Morgan fingerprint density at radius 3 is 2.63 bits per heavy atom. The Labute approximate surface area is 116 Å². The number of ether oxygens (including phenoxy) is 1. The van der Waals surface area contributed by atoms with Crippen molar-refractivity contribution in [1.82, 2.24) is 4.90 Å². The highest BCUT2D eigenvalue weighted by Gasteiger charge is 2.24. The van der Waals surface area contributed by atoms with Crippen molar-refractivity contribution < 1.29 is 4.74 Å². The predicted octanol–water partition coefficient (Wildman–Crippen LogP) is 2.96. The quantitative estimate of drug-likeness (QED) is 0.856. The molecule has 0 aromatic heterocycles. The van der Waals surface area contributed by atoms with Crippen LogP contribution in [-0.2, 0) is 0 Å². The lowest BCUT2D eigenvalue weighted by Crippen LogP contribution is -2.38. The second kappa shape index (κ2) is 6.92. The van der Waals surface area contributed by atoms with E-state index in [1.807, 2.05) is 18.2 Å². The molecule has 1 fully saturated rings. The lowest BCUT2D eigenvalue weighted by Gasteiger charge is -2.30. The van der Waals surface area contributed by atoms with Gasteiger partial charge in [0.25, 0.3) is 0 Å². The van der Waals surface area contributed by atoms with Crippen molar-refractivity contribution in [3.05, 3.63) is 29.8 Å². The highest BCUT2D eigenvalue weighted by molar-refractivity contribution is 5.35. The van der Waals surface area contributed by atoms with Gasteiger partial charge in [-0.15, -0.1) is 0 Å². The van der Waals surface area contributed by atoms with E-state index in [0.29, 0.717) is 0 Å². The minimum atomic E-state index is 0.0247. The standard InChI is InChI=1S/C16H26N2O/c1-3-18(13-8-4-5-9-13)12-15(17)14-10-6-7-11-16(14)19-2/h6-7,10-11,13,15H,3-5,8-9,12,17H2,1-2H3. The van der Waals surface area contributed by atoms with Crippen molar-refractivity contribution in [3.8, 4) is 5.75 Å². The van der Waals surface area contributed by atoms with Crippen LogP contribution in [0, 0.1) is 0 Å². The van der Waals surface area contributed by atoms with E-state index < -0.39 is 0 Å². The van der Waals surface area contributed by atoms with Crippen LogP contribution >= 0.6 is 0 Å². The largest absolute Gasteiger partial charge is 0.496 e. The third-order valence-electron chi connectivity index (χ3n) is 4.22. The highest BCUT2D eigenvalue weighted by atomic mass is 16.5. The average Bonchev–Trinajstić information content (AvgIpc) is 2.98. The molecule has 0 saturated heterocycles. The Kier molecular flexibility index (Phi) is 5.23. The smallest absolute Gasteiger partial charge is 0.123 e. The summed E-state index contributed by atoms with van der Waals surface area (Å²) < 4.78 is 5.41. The first-order chi connectivity index (χ1) is 9.26. The number of hydrogen-bond donors (Lipinski definition) is 1. The molecule has 3 heteroatoms. The fourth-order valence-corrected chi connectivity index (χ4v) is 3.13. The molecule has 1 unspecified atom stereocenters. The zero-order valence-corrected chi connectivity index (χ0v) is 12.1. The molecule has 1 aromatic carbocycles. The second-order valence-corrected chi connectivity index (χ2v) is 5.37. The summed E-state index contributed by atoms with van der Waals surface area (Å²) in [6, 6.07) is 8.84. The van der Waals surface area contributed by atoms with Gasteiger partial charge in [0.15, 0.2) is 0 Å². The van der Waals surface area contributed by atoms with Crippen LogP contribution in [0.15, 0.2) is 24.3 Å². The molecule has 0 aliphatic heterocycles. The van der Waals surface area contributed by atoms with E-state index in [-0.39, 0.29) is 6.04 Å². The number of hydrogen-bond acceptors (Lipinski definition) is 3. The van der Waals surface area contributed by atoms with Crippen LogP contribution in [0.1, 0.15) is 44.2 Å². The Morgan fingerprint density at radius 2 is 2.00 bits per heavy atom. The fraction of sp³-hybridized carbons (Fsp3) is 0.625. The number of para-hydroxylation sites is 1. The molecular formula is C16H26N2O. The molecule has 0 heterocycles. The molecule has 1 aromatic rings. The van der Waals surface area contributed by atoms with Gasteiger partial charge < -0.3 is 10.5 Å². The van der Waals surface area contributed by atoms with E-state index in [4.69, 9.17) is 10.5 Å². The maximum absolute atomic E-state index is 6.39. The van der Waals surface area contributed by atoms with Gasteiger partial charge >= 0.3 is 0 Å². The molecule has 2 N–H and O–H groups in total. The monoisotopic (exact) mass is 262 g/mol. The number of methoxy groups -OCH3 is 1. The van der Waals surface area contributed by atoms with Crippen molar-refractivity contribution in [2.24, 2.45) is 5.73 Å². The van der Waals surface area contributed by atoms with E-state index in [1.54, 1.807) is 7.11 Å². The second-order valence-electron chi connectivity index (χ2n) is 5.37. The van der Waals surface area contributed by atoms with Gasteiger partial charge in [0.2, 0.25) is 0 Å². The summed E-state index contributed by atoms with van der Waals surface area (Å²) in [5.74, 6) is 0.900. The number of rotatable bonds is 6. The number of nitrogens with zero attached hydrogens (tertiary/aromatic N) is 1. The first-order valence-corrected chi connectivity index (χ1v) is 7.38. The van der Waals surface area contributed by atoms with Crippen LogP contribution in [0.25, 0.3) is 0 Å². The molecule has 1 atom stereocenters. The molecule has 0 radical (unpaired) electrons. The van der Waals surface area contributed by atoms with Gasteiger partial charge in [-0.1, -0.05) is 38.0 Å². The highest BCUT2D eigenvalue weighted by Crippen LogP contribution is 2.27. The molecule has 106 valence electrons. The SMILES string of the molecule is CCN(CC(N)c1ccccc1OC)C1CCCC1. The summed E-state index contributed by atoms with van der Waals surface area (Å²) >= 11 is 0. The maximum atomic E-state index is 6.39. The number of benzene rings is 1. The van der Waals surface area contributed by atoms with Gasteiger partial charge in [0.1, 0.15) is 5.75 Å². The lowest BCUT2D eigenvalue weighted by atomic mass is 10.0. The van der Waals surface area contributed by atoms with Crippen molar-refractivity contribution in [2.75, 3.05) is 20.2 Å². The van der Waals surface area contributed by atoms with E-state index in [0.717, 1.165) is 30.4 Å². The van der Waals surface area contributed by atoms with Crippen molar-refractivity contribution in [1.29, 1.82) is 0 Å².